The first-order valence-electron chi connectivity index (χ1n) is 18.2. The Hall–Kier alpha value is -4.90. The molecule has 0 aliphatic heterocycles. The smallest absolute Gasteiger partial charge is 0.168 e. The third-order valence-electron chi connectivity index (χ3n) is 9.66. The summed E-state index contributed by atoms with van der Waals surface area (Å²) in [5.41, 5.74) is 13.6. The fourth-order valence-corrected chi connectivity index (χ4v) is 6.68. The number of benzene rings is 4. The number of fused-ring (bicyclic) bond motifs is 4. The number of aryl methyl sites for hydroxylation is 2. The largest absolute Gasteiger partial charge is 0.501 e. The molecule has 271 valence electrons. The van der Waals surface area contributed by atoms with Crippen molar-refractivity contribution in [3.8, 4) is 28.3 Å². The third-order valence-corrected chi connectivity index (χ3v) is 9.66. The fraction of sp³-hybridized carbons (Fsp3) is 0.255. The van der Waals surface area contributed by atoms with Gasteiger partial charge in [0.2, 0.25) is 0 Å². The molecule has 0 bridgehead atoms. The van der Waals surface area contributed by atoms with E-state index in [0.717, 1.165) is 55.7 Å². The molecule has 5 nitrogen and oxygen atoms in total. The van der Waals surface area contributed by atoms with E-state index in [4.69, 9.17) is 14.4 Å². The van der Waals surface area contributed by atoms with Crippen LogP contribution in [0.1, 0.15) is 88.1 Å². The average molecular weight is 875 g/mol. The van der Waals surface area contributed by atoms with Crippen LogP contribution in [0, 0.1) is 26.0 Å². The van der Waals surface area contributed by atoms with Crippen LogP contribution in [-0.4, -0.2) is 19.5 Å². The number of hydrogen-bond donors (Lipinski definition) is 0. The molecule has 8 aromatic rings. The standard InChI is InChI=1S/C34H34N3O.C13H12N.Ir/c1-20(2)23-13-10-14-24(21(3)4)30(23)37-28-18-22(34(5,6)7)19-35-32(28)36-33(37)27-16-11-15-26-25-12-8-9-17-29(25)38-31(26)27;1-10-3-6-12(7-4-10)13-8-5-11(2)9-14-13;/h8-15,17-21H,1-7H3;3-6,8-9H,1-2H3;/q2*-1;. The van der Waals surface area contributed by atoms with Crippen LogP contribution >= 0.6 is 0 Å². The van der Waals surface area contributed by atoms with Gasteiger partial charge in [-0.15, -0.1) is 53.6 Å². The Morgan fingerprint density at radius 3 is 2.09 bits per heavy atom. The first-order valence-corrected chi connectivity index (χ1v) is 18.2. The predicted molar refractivity (Wildman–Crippen MR) is 215 cm³/mol. The zero-order valence-corrected chi connectivity index (χ0v) is 34.4. The monoisotopic (exact) mass is 875 g/mol. The van der Waals surface area contributed by atoms with Gasteiger partial charge in [-0.2, -0.15) is 0 Å². The number of rotatable bonds is 5. The van der Waals surface area contributed by atoms with Gasteiger partial charge in [0.15, 0.2) is 5.65 Å². The van der Waals surface area contributed by atoms with Gasteiger partial charge in [-0.3, -0.25) is 4.98 Å². The summed E-state index contributed by atoms with van der Waals surface area (Å²) in [4.78, 5) is 14.4. The first-order chi connectivity index (χ1) is 24.9. The van der Waals surface area contributed by atoms with Crippen molar-refractivity contribution in [2.24, 2.45) is 0 Å². The zero-order valence-electron chi connectivity index (χ0n) is 32.0. The van der Waals surface area contributed by atoms with Crippen LogP contribution in [0.3, 0.4) is 0 Å². The molecule has 0 atom stereocenters. The van der Waals surface area contributed by atoms with E-state index in [9.17, 15) is 0 Å². The molecule has 0 saturated carbocycles. The maximum absolute atomic E-state index is 6.45. The van der Waals surface area contributed by atoms with Gasteiger partial charge in [0.25, 0.3) is 0 Å². The van der Waals surface area contributed by atoms with Crippen LogP contribution in [0.15, 0.2) is 108 Å². The van der Waals surface area contributed by atoms with Crippen LogP contribution < -0.4 is 0 Å². The van der Waals surface area contributed by atoms with Crippen molar-refractivity contribution in [2.75, 3.05) is 0 Å². The SMILES string of the molecule is CC(C)c1cccc(C(C)C)c1-n1c(-c2[c-]ccc3c2oc2ccccc23)nc2ncc(C(C)(C)C)cc21.Cc1c[c-]c(-c2ccc(C)cn2)cc1.[Ir]. The molecule has 6 heteroatoms. The van der Waals surface area contributed by atoms with Gasteiger partial charge in [-0.25, -0.2) is 4.98 Å². The van der Waals surface area contributed by atoms with Crippen LogP contribution in [0.4, 0.5) is 0 Å². The molecule has 0 aliphatic carbocycles. The minimum absolute atomic E-state index is 0. The molecule has 4 aromatic heterocycles. The molecular formula is C47H46IrN4O-2. The van der Waals surface area contributed by atoms with Gasteiger partial charge in [0.05, 0.1) is 16.9 Å². The van der Waals surface area contributed by atoms with Crippen LogP contribution in [0.5, 0.6) is 0 Å². The first kappa shape index (κ1) is 37.8. The molecule has 0 N–H and O–H groups in total. The van der Waals surface area contributed by atoms with Gasteiger partial charge in [-0.1, -0.05) is 115 Å². The van der Waals surface area contributed by atoms with E-state index < -0.39 is 0 Å². The number of furan rings is 1. The molecule has 1 radical (unpaired) electrons. The van der Waals surface area contributed by atoms with Gasteiger partial charge in [-0.05, 0) is 64.3 Å². The molecule has 0 amide bonds. The molecule has 4 heterocycles. The van der Waals surface area contributed by atoms with Crippen LogP contribution in [0.2, 0.25) is 0 Å². The summed E-state index contributed by atoms with van der Waals surface area (Å²) in [5, 5.41) is 2.16. The summed E-state index contributed by atoms with van der Waals surface area (Å²) in [7, 11) is 0. The minimum Gasteiger partial charge on any atom is -0.501 e. The Balaban J connectivity index is 0.000000269. The Labute approximate surface area is 326 Å². The van der Waals surface area contributed by atoms with Crippen molar-refractivity contribution in [3.63, 3.8) is 0 Å². The van der Waals surface area contributed by atoms with Crippen molar-refractivity contribution >= 4 is 33.1 Å². The van der Waals surface area contributed by atoms with E-state index in [1.165, 1.54) is 33.5 Å². The second-order valence-corrected chi connectivity index (χ2v) is 15.4. The molecular weight excluding hydrogens is 829 g/mol. The Bertz CT molecular complexity index is 2450. The van der Waals surface area contributed by atoms with Crippen molar-refractivity contribution in [1.29, 1.82) is 0 Å². The second-order valence-electron chi connectivity index (χ2n) is 15.4. The molecule has 0 unspecified atom stereocenters. The molecule has 0 spiro atoms. The van der Waals surface area contributed by atoms with Crippen LogP contribution in [-0.2, 0) is 25.5 Å². The Kier molecular flexibility index (Phi) is 10.9. The second kappa shape index (κ2) is 15.2. The topological polar surface area (TPSA) is 56.7 Å². The number of aromatic nitrogens is 4. The van der Waals surface area contributed by atoms with Crippen LogP contribution in [0.25, 0.3) is 61.4 Å². The van der Waals surface area contributed by atoms with Crippen molar-refractivity contribution < 1.29 is 24.5 Å². The van der Waals surface area contributed by atoms with E-state index in [1.807, 2.05) is 55.7 Å². The molecule has 53 heavy (non-hydrogen) atoms. The number of para-hydroxylation sites is 2. The summed E-state index contributed by atoms with van der Waals surface area (Å²) in [5.74, 6) is 1.47. The minimum atomic E-state index is -0.0419. The molecule has 0 saturated heterocycles. The maximum atomic E-state index is 6.45. The van der Waals surface area contributed by atoms with E-state index in [1.54, 1.807) is 0 Å². The summed E-state index contributed by atoms with van der Waals surface area (Å²) in [6.45, 7) is 19.8. The summed E-state index contributed by atoms with van der Waals surface area (Å²) in [6.07, 6.45) is 3.84. The number of hydrogen-bond acceptors (Lipinski definition) is 4. The van der Waals surface area contributed by atoms with Gasteiger partial charge in [0, 0.05) is 43.6 Å². The fourth-order valence-electron chi connectivity index (χ4n) is 6.68. The van der Waals surface area contributed by atoms with Gasteiger partial charge in [0.1, 0.15) is 5.58 Å². The number of imidazole rings is 1. The summed E-state index contributed by atoms with van der Waals surface area (Å²) in [6, 6.07) is 38.1. The molecule has 0 aliphatic rings. The van der Waals surface area contributed by atoms with Gasteiger partial charge >= 0.3 is 0 Å². The number of nitrogens with zero attached hydrogens (tertiary/aromatic N) is 4. The summed E-state index contributed by atoms with van der Waals surface area (Å²) >= 11 is 0. The quantitative estimate of drug-likeness (QED) is 0.162. The third kappa shape index (κ3) is 7.49. The Morgan fingerprint density at radius 2 is 1.45 bits per heavy atom. The van der Waals surface area contributed by atoms with E-state index in [0.29, 0.717) is 11.8 Å². The molecule has 8 rings (SSSR count). The van der Waals surface area contributed by atoms with Crippen molar-refractivity contribution in [1.82, 2.24) is 19.5 Å². The molecule has 0 fully saturated rings. The van der Waals surface area contributed by atoms with Crippen molar-refractivity contribution in [2.45, 2.75) is 79.6 Å². The van der Waals surface area contributed by atoms with E-state index >= 15 is 0 Å². The van der Waals surface area contributed by atoms with E-state index in [2.05, 4.69) is 132 Å². The normalized spacial score (nSPS) is 11.7. The average Bonchev–Trinajstić information content (AvgIpc) is 3.70. The summed E-state index contributed by atoms with van der Waals surface area (Å²) < 4.78 is 8.77. The van der Waals surface area contributed by atoms with E-state index in [-0.39, 0.29) is 25.5 Å². The molecule has 4 aromatic carbocycles. The number of pyridine rings is 2. The van der Waals surface area contributed by atoms with Crippen molar-refractivity contribution in [3.05, 3.63) is 143 Å². The zero-order chi connectivity index (χ0) is 36.7. The maximum Gasteiger partial charge on any atom is 0.168 e. The predicted octanol–water partition coefficient (Wildman–Crippen LogP) is 12.5. The van der Waals surface area contributed by atoms with Gasteiger partial charge < -0.3 is 14.0 Å². The Morgan fingerprint density at radius 1 is 0.736 bits per heavy atom.